The molecule has 0 bridgehead atoms. The summed E-state index contributed by atoms with van der Waals surface area (Å²) < 4.78 is 5.02. The van der Waals surface area contributed by atoms with Crippen molar-refractivity contribution in [1.82, 2.24) is 0 Å². The van der Waals surface area contributed by atoms with Gasteiger partial charge >= 0.3 is 5.97 Å². The van der Waals surface area contributed by atoms with E-state index in [-0.39, 0.29) is 35.7 Å². The van der Waals surface area contributed by atoms with E-state index in [9.17, 15) is 19.7 Å². The Morgan fingerprint density at radius 3 is 2.62 bits per heavy atom. The largest absolute Gasteiger partial charge is 0.466 e. The fraction of sp³-hybridized carbons (Fsp3) is 0.500. The van der Waals surface area contributed by atoms with E-state index in [1.165, 1.54) is 12.1 Å². The van der Waals surface area contributed by atoms with Gasteiger partial charge in [-0.1, -0.05) is 12.1 Å². The third kappa shape index (κ3) is 4.76. The normalized spacial score (nSPS) is 20.2. The molecule has 1 aliphatic heterocycles. The van der Waals surface area contributed by atoms with Crippen LogP contribution in [-0.4, -0.2) is 43.0 Å². The van der Waals surface area contributed by atoms with Crippen LogP contribution >= 0.6 is 0 Å². The molecule has 1 amide bonds. The lowest BCUT2D eigenvalue weighted by Crippen LogP contribution is -3.14. The van der Waals surface area contributed by atoms with Crippen molar-refractivity contribution in [2.45, 2.75) is 19.8 Å². The number of ether oxygens (including phenoxy) is 1. The number of hydrogen-bond donors (Lipinski definition) is 2. The summed E-state index contributed by atoms with van der Waals surface area (Å²) in [6, 6.07) is 6.06. The van der Waals surface area contributed by atoms with Gasteiger partial charge in [-0.05, 0) is 13.0 Å². The van der Waals surface area contributed by atoms with Gasteiger partial charge in [0.05, 0.1) is 30.5 Å². The van der Waals surface area contributed by atoms with Crippen LogP contribution in [0.3, 0.4) is 0 Å². The summed E-state index contributed by atoms with van der Waals surface area (Å²) in [5, 5.41) is 13.6. The van der Waals surface area contributed by atoms with Crippen LogP contribution in [0.25, 0.3) is 0 Å². The number of para-hydroxylation sites is 2. The summed E-state index contributed by atoms with van der Waals surface area (Å²) in [5.74, 6) is -0.526. The number of carbonyl (C=O) groups is 2. The van der Waals surface area contributed by atoms with Gasteiger partial charge < -0.3 is 15.0 Å². The Morgan fingerprint density at radius 1 is 1.33 bits per heavy atom. The van der Waals surface area contributed by atoms with Crippen molar-refractivity contribution in [3.8, 4) is 0 Å². The minimum Gasteiger partial charge on any atom is -0.466 e. The first kappa shape index (κ1) is 17.9. The number of rotatable bonds is 6. The highest BCUT2D eigenvalue weighted by atomic mass is 16.6. The number of nitrogens with zero attached hydrogens (tertiary/aromatic N) is 1. The molecule has 0 unspecified atom stereocenters. The number of amides is 1. The summed E-state index contributed by atoms with van der Waals surface area (Å²) in [7, 11) is 0. The molecule has 1 fully saturated rings. The fourth-order valence-electron chi connectivity index (χ4n) is 2.86. The molecule has 1 saturated heterocycles. The number of nitrogens with one attached hydrogen (secondary N) is 2. The zero-order valence-corrected chi connectivity index (χ0v) is 13.6. The monoisotopic (exact) mass is 336 g/mol. The highest BCUT2D eigenvalue weighted by Crippen LogP contribution is 2.22. The van der Waals surface area contributed by atoms with Crippen molar-refractivity contribution in [1.29, 1.82) is 0 Å². The molecule has 1 aromatic carbocycles. The van der Waals surface area contributed by atoms with Crippen molar-refractivity contribution in [3.63, 3.8) is 0 Å². The number of likely N-dealkylation sites (tertiary alicyclic amines) is 1. The number of quaternary nitrogens is 1. The molecule has 1 aromatic rings. The van der Waals surface area contributed by atoms with Gasteiger partial charge in [0.15, 0.2) is 6.54 Å². The fourth-order valence-corrected chi connectivity index (χ4v) is 2.86. The molecule has 8 nitrogen and oxygen atoms in total. The van der Waals surface area contributed by atoms with Gasteiger partial charge in [-0.2, -0.15) is 0 Å². The van der Waals surface area contributed by atoms with Crippen molar-refractivity contribution >= 4 is 23.3 Å². The van der Waals surface area contributed by atoms with E-state index in [1.807, 2.05) is 0 Å². The first-order valence-corrected chi connectivity index (χ1v) is 8.04. The first-order valence-electron chi connectivity index (χ1n) is 8.04. The summed E-state index contributed by atoms with van der Waals surface area (Å²) >= 11 is 0. The highest BCUT2D eigenvalue weighted by molar-refractivity contribution is 5.93. The van der Waals surface area contributed by atoms with Gasteiger partial charge in [-0.3, -0.25) is 19.7 Å². The molecule has 1 aliphatic rings. The number of benzene rings is 1. The number of nitro groups is 1. The van der Waals surface area contributed by atoms with E-state index >= 15 is 0 Å². The van der Waals surface area contributed by atoms with Gasteiger partial charge in [0.25, 0.3) is 11.6 Å². The number of carbonyl (C=O) groups excluding carboxylic acids is 2. The number of hydrogen-bond acceptors (Lipinski definition) is 5. The zero-order valence-electron chi connectivity index (χ0n) is 13.6. The van der Waals surface area contributed by atoms with Crippen molar-refractivity contribution in [2.75, 3.05) is 31.6 Å². The average molecular weight is 336 g/mol. The van der Waals surface area contributed by atoms with E-state index in [4.69, 9.17) is 4.74 Å². The summed E-state index contributed by atoms with van der Waals surface area (Å²) in [5.41, 5.74) is 0.0789. The molecule has 0 atom stereocenters. The van der Waals surface area contributed by atoms with E-state index < -0.39 is 4.92 Å². The van der Waals surface area contributed by atoms with Crippen LogP contribution < -0.4 is 10.2 Å². The van der Waals surface area contributed by atoms with Crippen LogP contribution in [0.4, 0.5) is 11.4 Å². The maximum Gasteiger partial charge on any atom is 0.309 e. The quantitative estimate of drug-likeness (QED) is 0.444. The second kappa shape index (κ2) is 8.39. The van der Waals surface area contributed by atoms with Crippen LogP contribution in [-0.2, 0) is 14.3 Å². The molecule has 0 saturated carbocycles. The molecule has 2 N–H and O–H groups in total. The zero-order chi connectivity index (χ0) is 17.5. The molecule has 0 spiro atoms. The molecule has 24 heavy (non-hydrogen) atoms. The molecule has 130 valence electrons. The Kier molecular flexibility index (Phi) is 6.25. The van der Waals surface area contributed by atoms with Crippen molar-refractivity contribution in [2.24, 2.45) is 5.92 Å². The van der Waals surface area contributed by atoms with E-state index in [0.29, 0.717) is 32.5 Å². The Bertz CT molecular complexity index is 611. The van der Waals surface area contributed by atoms with Gasteiger partial charge in [-0.15, -0.1) is 0 Å². The van der Waals surface area contributed by atoms with E-state index in [1.54, 1.807) is 19.1 Å². The topological polar surface area (TPSA) is 103 Å². The molecule has 2 rings (SSSR count). The molecule has 0 aromatic heterocycles. The molecular formula is C16H22N3O5+. The average Bonchev–Trinajstić information content (AvgIpc) is 2.56. The van der Waals surface area contributed by atoms with Crippen LogP contribution in [0.15, 0.2) is 24.3 Å². The highest BCUT2D eigenvalue weighted by Gasteiger charge is 2.29. The second-order valence-electron chi connectivity index (χ2n) is 5.78. The lowest BCUT2D eigenvalue weighted by atomic mass is 9.97. The molecule has 8 heteroatoms. The maximum absolute atomic E-state index is 12.1. The minimum atomic E-state index is -0.521. The third-order valence-corrected chi connectivity index (χ3v) is 4.10. The molecule has 0 aliphatic carbocycles. The third-order valence-electron chi connectivity index (χ3n) is 4.10. The van der Waals surface area contributed by atoms with E-state index in [2.05, 4.69) is 5.32 Å². The number of piperidine rings is 1. The Hall–Kier alpha value is -2.48. The number of nitro benzene ring substituents is 1. The molecular weight excluding hydrogens is 314 g/mol. The summed E-state index contributed by atoms with van der Waals surface area (Å²) in [6.45, 7) is 3.79. The minimum absolute atomic E-state index is 0.0908. The maximum atomic E-state index is 12.1. The predicted octanol–water partition coefficient (Wildman–Crippen LogP) is 0.391. The summed E-state index contributed by atoms with van der Waals surface area (Å²) in [4.78, 5) is 35.3. The standard InChI is InChI=1S/C16H21N3O5/c1-2-24-16(21)12-7-9-18(10-8-12)11-15(20)17-13-5-3-4-6-14(13)19(22)23/h3-6,12H,2,7-11H2,1H3,(H,17,20)/p+1. The van der Waals surface area contributed by atoms with E-state index in [0.717, 1.165) is 4.90 Å². The predicted molar refractivity (Wildman–Crippen MR) is 86.6 cm³/mol. The number of esters is 1. The first-order chi connectivity index (χ1) is 11.5. The lowest BCUT2D eigenvalue weighted by Gasteiger charge is -2.27. The van der Waals surface area contributed by atoms with Gasteiger partial charge in [0, 0.05) is 18.9 Å². The van der Waals surface area contributed by atoms with Crippen molar-refractivity contribution < 1.29 is 24.1 Å². The van der Waals surface area contributed by atoms with Crippen molar-refractivity contribution in [3.05, 3.63) is 34.4 Å². The Balaban J connectivity index is 1.84. The SMILES string of the molecule is CCOC(=O)C1CC[NH+](CC(=O)Nc2ccccc2[N+](=O)[O-])CC1. The van der Waals surface area contributed by atoms with Crippen LogP contribution in [0.1, 0.15) is 19.8 Å². The van der Waals surface area contributed by atoms with Gasteiger partial charge in [0.1, 0.15) is 5.69 Å². The van der Waals surface area contributed by atoms with Crippen LogP contribution in [0.2, 0.25) is 0 Å². The Labute approximate surface area is 139 Å². The number of anilines is 1. The molecule has 0 radical (unpaired) electrons. The molecule has 1 heterocycles. The van der Waals surface area contributed by atoms with Gasteiger partial charge in [0.2, 0.25) is 0 Å². The van der Waals surface area contributed by atoms with Crippen LogP contribution in [0, 0.1) is 16.0 Å². The van der Waals surface area contributed by atoms with Crippen LogP contribution in [0.5, 0.6) is 0 Å². The van der Waals surface area contributed by atoms with Gasteiger partial charge in [-0.25, -0.2) is 0 Å². The smallest absolute Gasteiger partial charge is 0.309 e. The summed E-state index contributed by atoms with van der Waals surface area (Å²) in [6.07, 6.45) is 1.37. The Morgan fingerprint density at radius 2 is 2.00 bits per heavy atom. The lowest BCUT2D eigenvalue weighted by molar-refractivity contribution is -0.897. The second-order valence-corrected chi connectivity index (χ2v) is 5.78.